The fraction of sp³-hybridized carbons (Fsp3) is 0.333. The lowest BCUT2D eigenvalue weighted by Crippen LogP contribution is -2.09. The summed E-state index contributed by atoms with van der Waals surface area (Å²) in [6.07, 6.45) is 2.22. The van der Waals surface area contributed by atoms with E-state index in [9.17, 15) is 0 Å². The van der Waals surface area contributed by atoms with Crippen LogP contribution in [0, 0.1) is 0 Å². The highest BCUT2D eigenvalue weighted by Gasteiger charge is 2.28. The number of rotatable bonds is 1. The minimum atomic E-state index is 0.328. The molecule has 0 radical (unpaired) electrons. The van der Waals surface area contributed by atoms with E-state index in [0.29, 0.717) is 11.7 Å². The van der Waals surface area contributed by atoms with E-state index in [1.54, 1.807) is 0 Å². The number of benzene rings is 1. The topological polar surface area (TPSA) is 51.8 Å². The van der Waals surface area contributed by atoms with E-state index in [0.717, 1.165) is 41.4 Å². The summed E-state index contributed by atoms with van der Waals surface area (Å²) in [5.74, 6) is 3.87. The zero-order chi connectivity index (χ0) is 12.8. The van der Waals surface area contributed by atoms with Crippen molar-refractivity contribution in [3.8, 4) is 0 Å². The van der Waals surface area contributed by atoms with Crippen molar-refractivity contribution >= 4 is 17.6 Å². The summed E-state index contributed by atoms with van der Waals surface area (Å²) >= 11 is 1.87. The predicted octanol–water partition coefficient (Wildman–Crippen LogP) is 2.88. The molecule has 1 atom stereocenters. The quantitative estimate of drug-likeness (QED) is 0.865. The molecule has 1 aliphatic carbocycles. The van der Waals surface area contributed by atoms with Gasteiger partial charge in [0.15, 0.2) is 0 Å². The average molecular weight is 269 g/mol. The first kappa shape index (κ1) is 11.3. The Hall–Kier alpha value is -1.55. The standard InChI is InChI=1S/C15H15N3S/c16-14-12-7-19-8-13(12)17-15(18-14)11-6-5-9-3-1-2-4-10(9)11/h1-4,11H,5-8H2,(H2,16,17,18). The van der Waals surface area contributed by atoms with Crippen LogP contribution in [-0.2, 0) is 17.9 Å². The molecule has 0 saturated carbocycles. The van der Waals surface area contributed by atoms with Crippen LogP contribution >= 0.6 is 11.8 Å². The molecule has 19 heavy (non-hydrogen) atoms. The van der Waals surface area contributed by atoms with Crippen LogP contribution in [0.2, 0.25) is 0 Å². The molecule has 1 aliphatic heterocycles. The third-order valence-corrected chi connectivity index (χ3v) is 5.04. The molecule has 1 aromatic carbocycles. The second-order valence-corrected chi connectivity index (χ2v) is 6.16. The first-order chi connectivity index (χ1) is 9.33. The van der Waals surface area contributed by atoms with Crippen molar-refractivity contribution in [2.45, 2.75) is 30.3 Å². The summed E-state index contributed by atoms with van der Waals surface area (Å²) in [4.78, 5) is 9.36. The molecule has 0 bridgehead atoms. The highest BCUT2D eigenvalue weighted by Crippen LogP contribution is 2.39. The van der Waals surface area contributed by atoms with E-state index in [-0.39, 0.29) is 0 Å². The molecule has 4 heteroatoms. The van der Waals surface area contributed by atoms with E-state index in [4.69, 9.17) is 10.7 Å². The van der Waals surface area contributed by atoms with Gasteiger partial charge in [-0.1, -0.05) is 24.3 Å². The Kier molecular flexibility index (Phi) is 2.52. The van der Waals surface area contributed by atoms with Crippen molar-refractivity contribution in [2.75, 3.05) is 5.73 Å². The molecule has 3 nitrogen and oxygen atoms in total. The molecule has 2 N–H and O–H groups in total. The second-order valence-electron chi connectivity index (χ2n) is 5.18. The van der Waals surface area contributed by atoms with Crippen LogP contribution in [0.4, 0.5) is 5.82 Å². The van der Waals surface area contributed by atoms with Gasteiger partial charge in [-0.15, -0.1) is 0 Å². The minimum Gasteiger partial charge on any atom is -0.383 e. The number of aromatic nitrogens is 2. The van der Waals surface area contributed by atoms with E-state index in [1.165, 1.54) is 11.1 Å². The SMILES string of the molecule is Nc1nc(C2CCc3ccccc32)nc2c1CSC2. The van der Waals surface area contributed by atoms with Crippen LogP contribution in [0.1, 0.15) is 40.5 Å². The van der Waals surface area contributed by atoms with Gasteiger partial charge in [0, 0.05) is 23.0 Å². The smallest absolute Gasteiger partial charge is 0.138 e. The van der Waals surface area contributed by atoms with E-state index in [2.05, 4.69) is 29.2 Å². The Bertz CT molecular complexity index is 654. The third-order valence-electron chi connectivity index (χ3n) is 4.07. The molecule has 0 spiro atoms. The maximum Gasteiger partial charge on any atom is 0.138 e. The second kappa shape index (κ2) is 4.23. The Balaban J connectivity index is 1.81. The predicted molar refractivity (Wildman–Crippen MR) is 78.0 cm³/mol. The van der Waals surface area contributed by atoms with Gasteiger partial charge in [-0.05, 0) is 24.0 Å². The molecule has 96 valence electrons. The normalized spacial score (nSPS) is 20.3. The van der Waals surface area contributed by atoms with Gasteiger partial charge in [-0.2, -0.15) is 11.8 Å². The van der Waals surface area contributed by atoms with Crippen molar-refractivity contribution in [3.05, 3.63) is 52.5 Å². The molecule has 0 saturated heterocycles. The molecule has 2 aromatic rings. The first-order valence-corrected chi connectivity index (χ1v) is 7.79. The summed E-state index contributed by atoms with van der Waals surface area (Å²) < 4.78 is 0. The monoisotopic (exact) mass is 269 g/mol. The number of thioether (sulfide) groups is 1. The number of hydrogen-bond acceptors (Lipinski definition) is 4. The van der Waals surface area contributed by atoms with Gasteiger partial charge in [0.05, 0.1) is 5.69 Å². The molecule has 1 unspecified atom stereocenters. The fourth-order valence-corrected chi connectivity index (χ4v) is 4.13. The summed E-state index contributed by atoms with van der Waals surface area (Å²) in [7, 11) is 0. The van der Waals surface area contributed by atoms with Gasteiger partial charge in [-0.3, -0.25) is 0 Å². The van der Waals surface area contributed by atoms with Crippen molar-refractivity contribution in [1.82, 2.24) is 9.97 Å². The summed E-state index contributed by atoms with van der Waals surface area (Å²) in [6, 6.07) is 8.62. The van der Waals surface area contributed by atoms with Gasteiger partial charge in [0.25, 0.3) is 0 Å². The first-order valence-electron chi connectivity index (χ1n) is 6.63. The van der Waals surface area contributed by atoms with Gasteiger partial charge >= 0.3 is 0 Å². The molecule has 1 aromatic heterocycles. The van der Waals surface area contributed by atoms with E-state index < -0.39 is 0 Å². The van der Waals surface area contributed by atoms with Crippen LogP contribution in [0.15, 0.2) is 24.3 Å². The fourth-order valence-electron chi connectivity index (χ4n) is 3.08. The molecule has 4 rings (SSSR count). The van der Waals surface area contributed by atoms with Crippen molar-refractivity contribution < 1.29 is 0 Å². The van der Waals surface area contributed by atoms with Gasteiger partial charge < -0.3 is 5.73 Å². The number of aryl methyl sites for hydroxylation is 1. The van der Waals surface area contributed by atoms with Crippen molar-refractivity contribution in [3.63, 3.8) is 0 Å². The summed E-state index contributed by atoms with van der Waals surface area (Å²) in [6.45, 7) is 0. The Morgan fingerprint density at radius 3 is 3.00 bits per heavy atom. The van der Waals surface area contributed by atoms with E-state index >= 15 is 0 Å². The van der Waals surface area contributed by atoms with Crippen molar-refractivity contribution in [2.24, 2.45) is 0 Å². The Morgan fingerprint density at radius 1 is 1.16 bits per heavy atom. The summed E-state index contributed by atoms with van der Waals surface area (Å²) in [5.41, 5.74) is 11.2. The summed E-state index contributed by atoms with van der Waals surface area (Å²) in [5, 5.41) is 0. The lowest BCUT2D eigenvalue weighted by molar-refractivity contribution is 0.723. The highest BCUT2D eigenvalue weighted by atomic mass is 32.2. The number of hydrogen-bond donors (Lipinski definition) is 1. The number of nitrogens with zero attached hydrogens (tertiary/aromatic N) is 2. The van der Waals surface area contributed by atoms with Crippen LogP contribution in [0.25, 0.3) is 0 Å². The lowest BCUT2D eigenvalue weighted by Gasteiger charge is -2.12. The number of nitrogen functional groups attached to an aromatic ring is 1. The molecular weight excluding hydrogens is 254 g/mol. The zero-order valence-electron chi connectivity index (χ0n) is 10.6. The maximum absolute atomic E-state index is 6.10. The molecule has 2 heterocycles. The van der Waals surface area contributed by atoms with Gasteiger partial charge in [0.2, 0.25) is 0 Å². The van der Waals surface area contributed by atoms with E-state index in [1.807, 2.05) is 11.8 Å². The highest BCUT2D eigenvalue weighted by molar-refractivity contribution is 7.98. The maximum atomic E-state index is 6.10. The van der Waals surface area contributed by atoms with Gasteiger partial charge in [-0.25, -0.2) is 9.97 Å². The van der Waals surface area contributed by atoms with Crippen molar-refractivity contribution in [1.29, 1.82) is 0 Å². The minimum absolute atomic E-state index is 0.328. The lowest BCUT2D eigenvalue weighted by atomic mass is 10.0. The third kappa shape index (κ3) is 1.74. The van der Waals surface area contributed by atoms with Crippen LogP contribution in [0.3, 0.4) is 0 Å². The number of nitrogens with two attached hydrogens (primary N) is 1. The average Bonchev–Trinajstić information content (AvgIpc) is 3.04. The van der Waals surface area contributed by atoms with Crippen LogP contribution < -0.4 is 5.73 Å². The Labute approximate surface area is 116 Å². The largest absolute Gasteiger partial charge is 0.383 e. The van der Waals surface area contributed by atoms with Gasteiger partial charge in [0.1, 0.15) is 11.6 Å². The Morgan fingerprint density at radius 2 is 2.05 bits per heavy atom. The zero-order valence-corrected chi connectivity index (χ0v) is 11.4. The number of anilines is 1. The molecular formula is C15H15N3S. The van der Waals surface area contributed by atoms with Crippen LogP contribution in [0.5, 0.6) is 0 Å². The molecule has 0 fully saturated rings. The molecule has 2 aliphatic rings. The number of fused-ring (bicyclic) bond motifs is 2. The molecule has 0 amide bonds. The van der Waals surface area contributed by atoms with Crippen LogP contribution in [-0.4, -0.2) is 9.97 Å².